The lowest BCUT2D eigenvalue weighted by Crippen LogP contribution is -2.23. The van der Waals surface area contributed by atoms with E-state index < -0.39 is 0 Å². The monoisotopic (exact) mass is 272 g/mol. The second kappa shape index (κ2) is 5.86. The summed E-state index contributed by atoms with van der Waals surface area (Å²) in [7, 11) is 1.72. The van der Waals surface area contributed by atoms with Crippen LogP contribution in [0.4, 0.5) is 11.4 Å². The maximum Gasteiger partial charge on any atom is 0.120 e. The predicted octanol–water partition coefficient (Wildman–Crippen LogP) is 2.28. The molecule has 0 radical (unpaired) electrons. The molecule has 1 aliphatic heterocycles. The summed E-state index contributed by atoms with van der Waals surface area (Å²) in [6.07, 6.45) is 5.91. The third kappa shape index (κ3) is 2.71. The molecule has 1 aromatic heterocycles. The van der Waals surface area contributed by atoms with Crippen LogP contribution in [0.5, 0.6) is 5.75 Å². The highest BCUT2D eigenvalue weighted by Crippen LogP contribution is 2.31. The third-order valence-electron chi connectivity index (χ3n) is 3.72. The zero-order chi connectivity index (χ0) is 13.8. The van der Waals surface area contributed by atoms with Crippen molar-refractivity contribution < 1.29 is 4.74 Å². The first-order valence-electron chi connectivity index (χ1n) is 7.01. The Labute approximate surface area is 118 Å². The highest BCUT2D eigenvalue weighted by Gasteiger charge is 2.18. The van der Waals surface area contributed by atoms with Crippen LogP contribution >= 0.6 is 0 Å². The number of aromatic nitrogens is 2. The zero-order valence-corrected chi connectivity index (χ0v) is 11.7. The van der Waals surface area contributed by atoms with Crippen LogP contribution in [-0.2, 0) is 6.42 Å². The molecule has 0 atom stereocenters. The van der Waals surface area contributed by atoms with E-state index in [0.717, 1.165) is 43.9 Å². The summed E-state index contributed by atoms with van der Waals surface area (Å²) in [4.78, 5) is 2.44. The number of anilines is 2. The van der Waals surface area contributed by atoms with E-state index in [9.17, 15) is 0 Å². The number of nitrogens with zero attached hydrogens (tertiary/aromatic N) is 2. The van der Waals surface area contributed by atoms with Crippen molar-refractivity contribution in [3.05, 3.63) is 36.2 Å². The van der Waals surface area contributed by atoms with E-state index >= 15 is 0 Å². The second-order valence-electron chi connectivity index (χ2n) is 5.00. The van der Waals surface area contributed by atoms with E-state index in [0.29, 0.717) is 0 Å². The average molecular weight is 272 g/mol. The lowest BCUT2D eigenvalue weighted by atomic mass is 10.1. The first-order chi connectivity index (χ1) is 9.86. The summed E-state index contributed by atoms with van der Waals surface area (Å²) < 4.78 is 5.31. The molecule has 0 bridgehead atoms. The Morgan fingerprint density at radius 3 is 3.20 bits per heavy atom. The summed E-state index contributed by atoms with van der Waals surface area (Å²) in [6.45, 7) is 3.12. The molecule has 0 saturated heterocycles. The quantitative estimate of drug-likeness (QED) is 0.792. The normalized spacial score (nSPS) is 13.3. The lowest BCUT2D eigenvalue weighted by Gasteiger charge is -2.20. The Kier molecular flexibility index (Phi) is 3.76. The standard InChI is InChI=1S/C15H20N4O/c1-20-14-4-3-12-5-8-19(15(12)9-14)7-2-6-16-13-10-17-18-11-13/h3-4,9-11,16H,2,5-8H2,1H3,(H,17,18). The van der Waals surface area contributed by atoms with Gasteiger partial charge in [-0.05, 0) is 24.5 Å². The summed E-state index contributed by atoms with van der Waals surface area (Å²) in [5.74, 6) is 0.937. The Bertz CT molecular complexity index is 553. The Hall–Kier alpha value is -2.17. The molecule has 1 aromatic carbocycles. The predicted molar refractivity (Wildman–Crippen MR) is 80.6 cm³/mol. The van der Waals surface area contributed by atoms with E-state index in [2.05, 4.69) is 32.5 Å². The summed E-state index contributed by atoms with van der Waals surface area (Å²) in [5.41, 5.74) is 3.80. The topological polar surface area (TPSA) is 53.2 Å². The molecule has 2 aromatic rings. The lowest BCUT2D eigenvalue weighted by molar-refractivity contribution is 0.415. The molecule has 5 heteroatoms. The van der Waals surface area contributed by atoms with Gasteiger partial charge in [-0.2, -0.15) is 5.10 Å². The minimum Gasteiger partial charge on any atom is -0.497 e. The van der Waals surface area contributed by atoms with Crippen LogP contribution in [-0.4, -0.2) is 36.9 Å². The fraction of sp³-hybridized carbons (Fsp3) is 0.400. The van der Waals surface area contributed by atoms with Crippen molar-refractivity contribution in [1.82, 2.24) is 10.2 Å². The van der Waals surface area contributed by atoms with E-state index in [1.807, 2.05) is 12.3 Å². The van der Waals surface area contributed by atoms with Gasteiger partial charge in [0, 0.05) is 37.6 Å². The van der Waals surface area contributed by atoms with Gasteiger partial charge in [0.2, 0.25) is 0 Å². The van der Waals surface area contributed by atoms with Gasteiger partial charge in [0.25, 0.3) is 0 Å². The first-order valence-corrected chi connectivity index (χ1v) is 7.01. The molecular formula is C15H20N4O. The van der Waals surface area contributed by atoms with Gasteiger partial charge in [-0.15, -0.1) is 0 Å². The van der Waals surface area contributed by atoms with Crippen molar-refractivity contribution >= 4 is 11.4 Å². The van der Waals surface area contributed by atoms with E-state index in [4.69, 9.17) is 4.74 Å². The molecule has 2 heterocycles. The van der Waals surface area contributed by atoms with Crippen molar-refractivity contribution in [1.29, 1.82) is 0 Å². The zero-order valence-electron chi connectivity index (χ0n) is 11.7. The fourth-order valence-electron chi connectivity index (χ4n) is 2.63. The van der Waals surface area contributed by atoms with Gasteiger partial charge in [0.15, 0.2) is 0 Å². The maximum absolute atomic E-state index is 5.31. The smallest absolute Gasteiger partial charge is 0.120 e. The molecule has 5 nitrogen and oxygen atoms in total. The number of benzene rings is 1. The van der Waals surface area contributed by atoms with Gasteiger partial charge < -0.3 is 15.0 Å². The maximum atomic E-state index is 5.31. The summed E-state index contributed by atoms with van der Waals surface area (Å²) in [6, 6.07) is 6.37. The average Bonchev–Trinajstić information content (AvgIpc) is 3.13. The summed E-state index contributed by atoms with van der Waals surface area (Å²) in [5, 5.41) is 10.1. The molecule has 1 aliphatic rings. The van der Waals surface area contributed by atoms with Gasteiger partial charge in [0.1, 0.15) is 5.75 Å². The van der Waals surface area contributed by atoms with Gasteiger partial charge in [-0.3, -0.25) is 5.10 Å². The Morgan fingerprint density at radius 2 is 2.40 bits per heavy atom. The van der Waals surface area contributed by atoms with Crippen LogP contribution in [0.1, 0.15) is 12.0 Å². The molecule has 0 aliphatic carbocycles. The number of hydrogen-bond acceptors (Lipinski definition) is 4. The van der Waals surface area contributed by atoms with E-state index in [1.165, 1.54) is 11.3 Å². The first kappa shape index (κ1) is 12.8. The molecule has 106 valence electrons. The van der Waals surface area contributed by atoms with Crippen molar-refractivity contribution in [2.24, 2.45) is 0 Å². The molecule has 3 rings (SSSR count). The van der Waals surface area contributed by atoms with E-state index in [1.54, 1.807) is 13.3 Å². The van der Waals surface area contributed by atoms with Crippen LogP contribution in [0.3, 0.4) is 0 Å². The molecular weight excluding hydrogens is 252 g/mol. The van der Waals surface area contributed by atoms with Crippen LogP contribution in [0, 0.1) is 0 Å². The van der Waals surface area contributed by atoms with Crippen molar-refractivity contribution in [3.8, 4) is 5.75 Å². The molecule has 2 N–H and O–H groups in total. The number of H-pyrrole nitrogens is 1. The van der Waals surface area contributed by atoms with E-state index in [-0.39, 0.29) is 0 Å². The number of nitrogens with one attached hydrogen (secondary N) is 2. The largest absolute Gasteiger partial charge is 0.497 e. The molecule has 0 saturated carbocycles. The second-order valence-corrected chi connectivity index (χ2v) is 5.00. The number of fused-ring (bicyclic) bond motifs is 1. The molecule has 0 fully saturated rings. The fourth-order valence-corrected chi connectivity index (χ4v) is 2.63. The third-order valence-corrected chi connectivity index (χ3v) is 3.72. The highest BCUT2D eigenvalue weighted by atomic mass is 16.5. The van der Waals surface area contributed by atoms with Crippen LogP contribution in [0.2, 0.25) is 0 Å². The van der Waals surface area contributed by atoms with Crippen molar-refractivity contribution in [3.63, 3.8) is 0 Å². The van der Waals surface area contributed by atoms with Crippen molar-refractivity contribution in [2.45, 2.75) is 12.8 Å². The number of ether oxygens (including phenoxy) is 1. The van der Waals surface area contributed by atoms with Crippen LogP contribution < -0.4 is 15.0 Å². The number of aromatic amines is 1. The Morgan fingerprint density at radius 1 is 1.45 bits per heavy atom. The van der Waals surface area contributed by atoms with Gasteiger partial charge in [0.05, 0.1) is 19.0 Å². The minimum atomic E-state index is 0.937. The highest BCUT2D eigenvalue weighted by molar-refractivity contribution is 5.60. The van der Waals surface area contributed by atoms with Gasteiger partial charge in [-0.1, -0.05) is 6.07 Å². The van der Waals surface area contributed by atoms with Crippen molar-refractivity contribution in [2.75, 3.05) is 37.0 Å². The number of rotatable bonds is 6. The molecule has 20 heavy (non-hydrogen) atoms. The van der Waals surface area contributed by atoms with Gasteiger partial charge >= 0.3 is 0 Å². The summed E-state index contributed by atoms with van der Waals surface area (Å²) >= 11 is 0. The van der Waals surface area contributed by atoms with Gasteiger partial charge in [-0.25, -0.2) is 0 Å². The van der Waals surface area contributed by atoms with Crippen LogP contribution in [0.15, 0.2) is 30.6 Å². The Balaban J connectivity index is 1.52. The molecule has 0 amide bonds. The number of hydrogen-bond donors (Lipinski definition) is 2. The SMILES string of the molecule is COc1ccc2c(c1)N(CCCNc1cn[nH]c1)CC2. The molecule has 0 unspecified atom stereocenters. The van der Waals surface area contributed by atoms with Crippen LogP contribution in [0.25, 0.3) is 0 Å². The minimum absolute atomic E-state index is 0.937. The molecule has 0 spiro atoms. The number of methoxy groups -OCH3 is 1.